The first-order chi connectivity index (χ1) is 10.4. The van der Waals surface area contributed by atoms with Gasteiger partial charge >= 0.3 is 0 Å². The number of aryl methyl sites for hydroxylation is 2. The molecule has 22 heavy (non-hydrogen) atoms. The summed E-state index contributed by atoms with van der Waals surface area (Å²) >= 11 is 0. The number of anilines is 1. The number of amides is 1. The van der Waals surface area contributed by atoms with Gasteiger partial charge in [0.25, 0.3) is 5.91 Å². The van der Waals surface area contributed by atoms with E-state index in [1.165, 1.54) is 0 Å². The highest BCUT2D eigenvalue weighted by Crippen LogP contribution is 2.25. The molecular formula is C18H31N2O2+. The van der Waals surface area contributed by atoms with Crippen molar-refractivity contribution in [3.63, 3.8) is 0 Å². The number of rotatable bonds is 8. The van der Waals surface area contributed by atoms with Crippen molar-refractivity contribution >= 4 is 11.6 Å². The van der Waals surface area contributed by atoms with Crippen LogP contribution in [0.25, 0.3) is 0 Å². The molecule has 2 N–H and O–H groups in total. The Kier molecular flexibility index (Phi) is 6.88. The van der Waals surface area contributed by atoms with Crippen molar-refractivity contribution in [2.75, 3.05) is 31.5 Å². The van der Waals surface area contributed by atoms with E-state index >= 15 is 0 Å². The zero-order valence-corrected chi connectivity index (χ0v) is 14.7. The van der Waals surface area contributed by atoms with Gasteiger partial charge in [-0.1, -0.05) is 13.8 Å². The minimum absolute atomic E-state index is 0.0561. The summed E-state index contributed by atoms with van der Waals surface area (Å²) in [5.74, 6) is 0.296. The molecule has 0 aliphatic rings. The van der Waals surface area contributed by atoms with Crippen LogP contribution in [0.3, 0.4) is 0 Å². The van der Waals surface area contributed by atoms with Gasteiger partial charge in [-0.05, 0) is 56.9 Å². The van der Waals surface area contributed by atoms with Crippen molar-refractivity contribution in [3.05, 3.63) is 23.3 Å². The fourth-order valence-corrected chi connectivity index (χ4v) is 3.27. The maximum absolute atomic E-state index is 12.5. The second-order valence-corrected chi connectivity index (χ2v) is 6.27. The largest absolute Gasteiger partial charge is 0.508 e. The maximum atomic E-state index is 12.5. The number of nitrogens with one attached hydrogen (secondary N) is 1. The van der Waals surface area contributed by atoms with Gasteiger partial charge in [-0.3, -0.25) is 4.79 Å². The van der Waals surface area contributed by atoms with Gasteiger partial charge in [0.2, 0.25) is 0 Å². The molecule has 0 spiro atoms. The molecule has 1 aromatic rings. The van der Waals surface area contributed by atoms with E-state index in [4.69, 9.17) is 0 Å². The molecule has 0 bridgehead atoms. The molecule has 1 aromatic carbocycles. The van der Waals surface area contributed by atoms with Crippen molar-refractivity contribution in [1.29, 1.82) is 0 Å². The highest BCUT2D eigenvalue weighted by Gasteiger charge is 2.27. The Morgan fingerprint density at radius 3 is 2.00 bits per heavy atom. The topological polar surface area (TPSA) is 49.3 Å². The van der Waals surface area contributed by atoms with E-state index in [2.05, 4.69) is 26.1 Å². The van der Waals surface area contributed by atoms with Crippen LogP contribution in [0.15, 0.2) is 12.1 Å². The van der Waals surface area contributed by atoms with Gasteiger partial charge in [0.15, 0.2) is 6.54 Å². The van der Waals surface area contributed by atoms with Gasteiger partial charge in [-0.15, -0.1) is 0 Å². The molecule has 0 atom stereocenters. The number of quaternary nitrogens is 1. The zero-order chi connectivity index (χ0) is 16.8. The number of likely N-dealkylation sites (N-methyl/N-ethyl adjacent to an activating group) is 1. The van der Waals surface area contributed by atoms with Crippen LogP contribution in [-0.2, 0) is 4.79 Å². The quantitative estimate of drug-likeness (QED) is 0.569. The molecule has 0 fully saturated rings. The first-order valence-electron chi connectivity index (χ1n) is 8.32. The predicted molar refractivity (Wildman–Crippen MR) is 92.2 cm³/mol. The molecule has 0 aliphatic carbocycles. The van der Waals surface area contributed by atoms with E-state index in [-0.39, 0.29) is 11.7 Å². The van der Waals surface area contributed by atoms with Crippen LogP contribution in [0.4, 0.5) is 5.69 Å². The number of nitrogens with zero attached hydrogens (tertiary/aromatic N) is 1. The summed E-state index contributed by atoms with van der Waals surface area (Å²) in [6.07, 6.45) is 2.16. The molecule has 0 heterocycles. The average Bonchev–Trinajstić information content (AvgIpc) is 2.43. The van der Waals surface area contributed by atoms with Crippen molar-refractivity contribution in [3.8, 4) is 5.75 Å². The SMILES string of the molecule is CCC[N+](CC)(CCC)CC(=O)Nc1c(C)cc(O)cc1C. The molecular weight excluding hydrogens is 276 g/mol. The second kappa shape index (κ2) is 8.18. The summed E-state index contributed by atoms with van der Waals surface area (Å²) in [5, 5.41) is 12.6. The van der Waals surface area contributed by atoms with E-state index in [0.29, 0.717) is 6.54 Å². The molecule has 4 nitrogen and oxygen atoms in total. The summed E-state index contributed by atoms with van der Waals surface area (Å²) in [6, 6.07) is 3.37. The van der Waals surface area contributed by atoms with Crippen LogP contribution in [0.5, 0.6) is 5.75 Å². The molecule has 0 saturated carbocycles. The van der Waals surface area contributed by atoms with Gasteiger partial charge < -0.3 is 14.9 Å². The number of hydrogen-bond acceptors (Lipinski definition) is 2. The molecule has 0 radical (unpaired) electrons. The van der Waals surface area contributed by atoms with Crippen molar-refractivity contribution in [2.24, 2.45) is 0 Å². The molecule has 4 heteroatoms. The van der Waals surface area contributed by atoms with E-state index in [1.807, 2.05) is 13.8 Å². The fraction of sp³-hybridized carbons (Fsp3) is 0.611. The number of hydrogen-bond donors (Lipinski definition) is 2. The fourth-order valence-electron chi connectivity index (χ4n) is 3.27. The average molecular weight is 307 g/mol. The lowest BCUT2D eigenvalue weighted by atomic mass is 10.1. The van der Waals surface area contributed by atoms with Crippen molar-refractivity contribution < 1.29 is 14.4 Å². The Morgan fingerprint density at radius 1 is 1.09 bits per heavy atom. The zero-order valence-electron chi connectivity index (χ0n) is 14.7. The highest BCUT2D eigenvalue weighted by atomic mass is 16.3. The Hall–Kier alpha value is -1.55. The maximum Gasteiger partial charge on any atom is 0.279 e. The molecule has 0 aliphatic heterocycles. The van der Waals surface area contributed by atoms with Gasteiger partial charge in [0, 0.05) is 5.69 Å². The van der Waals surface area contributed by atoms with Crippen LogP contribution in [0.1, 0.15) is 44.7 Å². The summed E-state index contributed by atoms with van der Waals surface area (Å²) in [5.41, 5.74) is 2.61. The van der Waals surface area contributed by atoms with Gasteiger partial charge in [0.1, 0.15) is 5.75 Å². The number of carbonyl (C=O) groups excluding carboxylic acids is 1. The third-order valence-corrected chi connectivity index (χ3v) is 4.33. The van der Waals surface area contributed by atoms with E-state index in [9.17, 15) is 9.90 Å². The van der Waals surface area contributed by atoms with E-state index < -0.39 is 0 Å². The Balaban J connectivity index is 2.88. The molecule has 124 valence electrons. The lowest BCUT2D eigenvalue weighted by molar-refractivity contribution is -0.919. The van der Waals surface area contributed by atoms with Crippen LogP contribution in [0.2, 0.25) is 0 Å². The minimum Gasteiger partial charge on any atom is -0.508 e. The van der Waals surface area contributed by atoms with Crippen LogP contribution < -0.4 is 5.32 Å². The molecule has 0 aromatic heterocycles. The molecule has 1 amide bonds. The van der Waals surface area contributed by atoms with E-state index in [0.717, 1.165) is 53.8 Å². The van der Waals surface area contributed by atoms with Gasteiger partial charge in [0.05, 0.1) is 19.6 Å². The third kappa shape index (κ3) is 4.73. The molecule has 0 unspecified atom stereocenters. The lowest BCUT2D eigenvalue weighted by Crippen LogP contribution is -2.53. The monoisotopic (exact) mass is 307 g/mol. The van der Waals surface area contributed by atoms with Gasteiger partial charge in [-0.2, -0.15) is 0 Å². The molecule has 1 rings (SSSR count). The Labute approximate surface area is 134 Å². The number of aromatic hydroxyl groups is 1. The first-order valence-corrected chi connectivity index (χ1v) is 8.32. The van der Waals surface area contributed by atoms with Crippen LogP contribution in [0, 0.1) is 13.8 Å². The number of carbonyl (C=O) groups is 1. The van der Waals surface area contributed by atoms with E-state index in [1.54, 1.807) is 12.1 Å². The first kappa shape index (κ1) is 18.5. The Morgan fingerprint density at radius 2 is 1.59 bits per heavy atom. The standard InChI is InChI=1S/C18H30N2O2/c1-6-9-20(8-3,10-7-2)13-17(22)19-18-14(4)11-16(21)12-15(18)5/h11-12H,6-10,13H2,1-5H3,(H-,19,21,22)/p+1. The second-order valence-electron chi connectivity index (χ2n) is 6.27. The highest BCUT2D eigenvalue weighted by molar-refractivity contribution is 5.93. The number of phenolic OH excluding ortho intramolecular Hbond substituents is 1. The number of benzene rings is 1. The predicted octanol–water partition coefficient (Wildman–Crippen LogP) is 3.60. The lowest BCUT2D eigenvalue weighted by Gasteiger charge is -2.37. The van der Waals surface area contributed by atoms with Crippen molar-refractivity contribution in [2.45, 2.75) is 47.5 Å². The van der Waals surface area contributed by atoms with Crippen LogP contribution >= 0.6 is 0 Å². The summed E-state index contributed by atoms with van der Waals surface area (Å²) in [6.45, 7) is 13.9. The van der Waals surface area contributed by atoms with Gasteiger partial charge in [-0.25, -0.2) is 0 Å². The summed E-state index contributed by atoms with van der Waals surface area (Å²) in [4.78, 5) is 12.5. The Bertz CT molecular complexity index is 483. The smallest absolute Gasteiger partial charge is 0.279 e. The summed E-state index contributed by atoms with van der Waals surface area (Å²) < 4.78 is 0.842. The molecule has 0 saturated heterocycles. The summed E-state index contributed by atoms with van der Waals surface area (Å²) in [7, 11) is 0. The normalized spacial score (nSPS) is 11.5. The number of phenols is 1. The van der Waals surface area contributed by atoms with Crippen molar-refractivity contribution in [1.82, 2.24) is 0 Å². The minimum atomic E-state index is 0.0561. The third-order valence-electron chi connectivity index (χ3n) is 4.33. The van der Waals surface area contributed by atoms with Crippen LogP contribution in [-0.4, -0.2) is 41.7 Å².